The highest BCUT2D eigenvalue weighted by Crippen LogP contribution is 2.18. The van der Waals surface area contributed by atoms with Gasteiger partial charge < -0.3 is 9.84 Å². The number of nitrogens with zero attached hydrogens (tertiary/aromatic N) is 2. The monoisotopic (exact) mass is 325 g/mol. The predicted octanol–water partition coefficient (Wildman–Crippen LogP) is 2.78. The van der Waals surface area contributed by atoms with Gasteiger partial charge in [-0.2, -0.15) is 0 Å². The van der Waals surface area contributed by atoms with Crippen molar-refractivity contribution < 1.29 is 14.4 Å². The minimum atomic E-state index is -0.564. The van der Waals surface area contributed by atoms with Crippen molar-refractivity contribution in [3.8, 4) is 5.75 Å². The Morgan fingerprint density at radius 2 is 1.83 bits per heavy atom. The van der Waals surface area contributed by atoms with Gasteiger partial charge >= 0.3 is 0 Å². The van der Waals surface area contributed by atoms with Crippen LogP contribution in [0.3, 0.4) is 0 Å². The minimum absolute atomic E-state index is 0.282. The average Bonchev–Trinajstić information content (AvgIpc) is 2.86. The van der Waals surface area contributed by atoms with Crippen LogP contribution in [-0.2, 0) is 20.0 Å². The lowest BCUT2D eigenvalue weighted by atomic mass is 10.2. The van der Waals surface area contributed by atoms with Gasteiger partial charge in [0.1, 0.15) is 25.0 Å². The summed E-state index contributed by atoms with van der Waals surface area (Å²) in [7, 11) is 2.08. The van der Waals surface area contributed by atoms with E-state index in [0.717, 1.165) is 23.3 Å². The molecular formula is C20H25N2O2+. The third kappa shape index (κ3) is 3.15. The molecule has 1 atom stereocenters. The Morgan fingerprint density at radius 1 is 1.12 bits per heavy atom. The molecule has 0 amide bonds. The van der Waals surface area contributed by atoms with Crippen molar-refractivity contribution >= 4 is 11.0 Å². The van der Waals surface area contributed by atoms with Crippen molar-refractivity contribution in [3.05, 3.63) is 59.9 Å². The van der Waals surface area contributed by atoms with E-state index in [1.165, 1.54) is 11.3 Å². The summed E-state index contributed by atoms with van der Waals surface area (Å²) < 4.78 is 10.2. The van der Waals surface area contributed by atoms with Crippen LogP contribution in [-0.4, -0.2) is 22.4 Å². The molecule has 3 rings (SSSR count). The molecule has 1 aromatic heterocycles. The third-order valence-corrected chi connectivity index (χ3v) is 4.47. The van der Waals surface area contributed by atoms with Gasteiger partial charge in [-0.3, -0.25) is 0 Å². The van der Waals surface area contributed by atoms with Crippen molar-refractivity contribution in [2.45, 2.75) is 32.9 Å². The summed E-state index contributed by atoms with van der Waals surface area (Å²) in [6.45, 7) is 4.96. The molecule has 126 valence electrons. The van der Waals surface area contributed by atoms with Gasteiger partial charge in [0, 0.05) is 6.42 Å². The average molecular weight is 325 g/mol. The molecule has 0 fully saturated rings. The van der Waals surface area contributed by atoms with E-state index < -0.39 is 6.10 Å². The highest BCUT2D eigenvalue weighted by atomic mass is 16.5. The van der Waals surface area contributed by atoms with Crippen molar-refractivity contribution in [2.24, 2.45) is 7.05 Å². The molecule has 0 spiro atoms. The fourth-order valence-corrected chi connectivity index (χ4v) is 3.23. The van der Waals surface area contributed by atoms with Gasteiger partial charge in [0.2, 0.25) is 0 Å². The van der Waals surface area contributed by atoms with Gasteiger partial charge in [0.25, 0.3) is 5.82 Å². The van der Waals surface area contributed by atoms with E-state index in [4.69, 9.17) is 4.74 Å². The molecule has 24 heavy (non-hydrogen) atoms. The van der Waals surface area contributed by atoms with Gasteiger partial charge in [-0.05, 0) is 30.7 Å². The Hall–Kier alpha value is -2.33. The lowest BCUT2D eigenvalue weighted by Gasteiger charge is -2.13. The van der Waals surface area contributed by atoms with Gasteiger partial charge in [-0.25, -0.2) is 9.13 Å². The van der Waals surface area contributed by atoms with E-state index in [-0.39, 0.29) is 6.61 Å². The standard InChI is InChI=1S/C20H25N2O2/c1-4-20-21(3)17-10-6-7-11-18(17)22(20)13-16(23)14-24-19-12-8-5-9-15(19)2/h5-12,16,23H,4,13-14H2,1-3H3/q+1. The van der Waals surface area contributed by atoms with E-state index in [1.807, 2.05) is 43.3 Å². The molecule has 1 heterocycles. The number of hydrogen-bond acceptors (Lipinski definition) is 2. The van der Waals surface area contributed by atoms with Crippen molar-refractivity contribution in [1.82, 2.24) is 4.57 Å². The number of benzene rings is 2. The molecule has 3 aromatic rings. The first-order chi connectivity index (χ1) is 11.6. The first kappa shape index (κ1) is 16.5. The second-order valence-corrected chi connectivity index (χ2v) is 6.16. The summed E-state index contributed by atoms with van der Waals surface area (Å²) in [6, 6.07) is 16.2. The third-order valence-electron chi connectivity index (χ3n) is 4.47. The molecule has 1 unspecified atom stereocenters. The van der Waals surface area contributed by atoms with Gasteiger partial charge in [-0.1, -0.05) is 37.3 Å². The maximum atomic E-state index is 10.5. The summed E-state index contributed by atoms with van der Waals surface area (Å²) in [5.74, 6) is 2.03. The molecule has 1 N–H and O–H groups in total. The number of ether oxygens (including phenoxy) is 1. The smallest absolute Gasteiger partial charge is 0.256 e. The SMILES string of the molecule is CCc1n(CC(O)COc2ccccc2C)c2ccccc2[n+]1C. The van der Waals surface area contributed by atoms with E-state index in [9.17, 15) is 5.11 Å². The van der Waals surface area contributed by atoms with Crippen LogP contribution in [0.5, 0.6) is 5.75 Å². The summed E-state index contributed by atoms with van der Waals surface area (Å²) in [6.07, 6.45) is 0.349. The molecule has 0 saturated carbocycles. The first-order valence-electron chi connectivity index (χ1n) is 8.44. The largest absolute Gasteiger partial charge is 0.490 e. The number of aliphatic hydroxyl groups is 1. The molecule has 0 aliphatic heterocycles. The first-order valence-corrected chi connectivity index (χ1v) is 8.44. The lowest BCUT2D eigenvalue weighted by molar-refractivity contribution is -0.653. The molecule has 4 heteroatoms. The number of fused-ring (bicyclic) bond motifs is 1. The van der Waals surface area contributed by atoms with Crippen molar-refractivity contribution in [3.63, 3.8) is 0 Å². The van der Waals surface area contributed by atoms with Crippen LogP contribution in [0.15, 0.2) is 48.5 Å². The van der Waals surface area contributed by atoms with Crippen LogP contribution >= 0.6 is 0 Å². The van der Waals surface area contributed by atoms with Crippen LogP contribution in [0, 0.1) is 6.92 Å². The Labute approximate surface area is 142 Å². The van der Waals surface area contributed by atoms with Crippen molar-refractivity contribution in [1.29, 1.82) is 0 Å². The van der Waals surface area contributed by atoms with Crippen LogP contribution in [0.4, 0.5) is 0 Å². The number of para-hydroxylation sites is 3. The second kappa shape index (κ2) is 7.05. The summed E-state index contributed by atoms with van der Waals surface area (Å²) in [5.41, 5.74) is 3.41. The molecule has 2 aromatic carbocycles. The molecule has 0 radical (unpaired) electrons. The van der Waals surface area contributed by atoms with Crippen LogP contribution in [0.2, 0.25) is 0 Å². The molecule has 4 nitrogen and oxygen atoms in total. The second-order valence-electron chi connectivity index (χ2n) is 6.16. The number of aliphatic hydroxyl groups excluding tert-OH is 1. The minimum Gasteiger partial charge on any atom is -0.490 e. The van der Waals surface area contributed by atoms with E-state index in [2.05, 4.69) is 35.2 Å². The normalized spacial score (nSPS) is 12.5. The molecular weight excluding hydrogens is 300 g/mol. The number of imidazole rings is 1. The van der Waals surface area contributed by atoms with E-state index in [1.54, 1.807) is 0 Å². The Balaban J connectivity index is 1.78. The summed E-state index contributed by atoms with van der Waals surface area (Å²) >= 11 is 0. The van der Waals surface area contributed by atoms with Crippen LogP contribution in [0.1, 0.15) is 18.3 Å². The van der Waals surface area contributed by atoms with Crippen molar-refractivity contribution in [2.75, 3.05) is 6.61 Å². The summed E-state index contributed by atoms with van der Waals surface area (Å²) in [4.78, 5) is 0. The lowest BCUT2D eigenvalue weighted by Crippen LogP contribution is -2.34. The number of aromatic nitrogens is 2. The Bertz CT molecular complexity index is 839. The van der Waals surface area contributed by atoms with Gasteiger partial charge in [0.15, 0.2) is 11.0 Å². The highest BCUT2D eigenvalue weighted by Gasteiger charge is 2.23. The predicted molar refractivity (Wildman–Crippen MR) is 95.2 cm³/mol. The number of hydrogen-bond donors (Lipinski definition) is 1. The fourth-order valence-electron chi connectivity index (χ4n) is 3.23. The highest BCUT2D eigenvalue weighted by molar-refractivity contribution is 5.72. The molecule has 0 saturated heterocycles. The number of rotatable bonds is 6. The van der Waals surface area contributed by atoms with Crippen LogP contribution in [0.25, 0.3) is 11.0 Å². The number of aryl methyl sites for hydroxylation is 2. The maximum absolute atomic E-state index is 10.5. The Morgan fingerprint density at radius 3 is 2.58 bits per heavy atom. The van der Waals surface area contributed by atoms with E-state index >= 15 is 0 Å². The van der Waals surface area contributed by atoms with E-state index in [0.29, 0.717) is 6.54 Å². The molecule has 0 aliphatic rings. The quantitative estimate of drug-likeness (QED) is 0.708. The van der Waals surface area contributed by atoms with Gasteiger partial charge in [-0.15, -0.1) is 0 Å². The molecule has 0 aliphatic carbocycles. The Kier molecular flexibility index (Phi) is 4.86. The topological polar surface area (TPSA) is 38.3 Å². The maximum Gasteiger partial charge on any atom is 0.256 e. The molecule has 0 bridgehead atoms. The zero-order valence-corrected chi connectivity index (χ0v) is 14.6. The van der Waals surface area contributed by atoms with Gasteiger partial charge in [0.05, 0.1) is 7.05 Å². The van der Waals surface area contributed by atoms with Crippen LogP contribution < -0.4 is 9.30 Å². The zero-order valence-electron chi connectivity index (χ0n) is 14.6. The summed E-state index contributed by atoms with van der Waals surface area (Å²) in [5, 5.41) is 10.5. The zero-order chi connectivity index (χ0) is 17.1. The fraction of sp³-hybridized carbons (Fsp3) is 0.350.